The van der Waals surface area contributed by atoms with Crippen LogP contribution in [0.1, 0.15) is 79.1 Å². The van der Waals surface area contributed by atoms with Gasteiger partial charge in [-0.15, -0.1) is 0 Å². The summed E-state index contributed by atoms with van der Waals surface area (Å²) in [5.41, 5.74) is 10.8. The predicted octanol–water partition coefficient (Wildman–Crippen LogP) is 7.04. The summed E-state index contributed by atoms with van der Waals surface area (Å²) in [7, 11) is 3.83. The molecule has 0 spiro atoms. The number of hydrogen-bond donors (Lipinski definition) is 1. The fourth-order valence-electron chi connectivity index (χ4n) is 5.60. The van der Waals surface area contributed by atoms with Gasteiger partial charge in [-0.1, -0.05) is 56.3 Å². The fourth-order valence-corrected chi connectivity index (χ4v) is 5.60. The van der Waals surface area contributed by atoms with Crippen molar-refractivity contribution in [3.05, 3.63) is 82.0 Å². The van der Waals surface area contributed by atoms with Crippen molar-refractivity contribution < 1.29 is 4.74 Å². The Morgan fingerprint density at radius 1 is 0.912 bits per heavy atom. The van der Waals surface area contributed by atoms with Crippen LogP contribution < -0.4 is 10.1 Å². The minimum Gasteiger partial charge on any atom is -0.496 e. The van der Waals surface area contributed by atoms with Crippen molar-refractivity contribution in [3.8, 4) is 17.0 Å². The molecule has 0 saturated heterocycles. The van der Waals surface area contributed by atoms with E-state index in [4.69, 9.17) is 9.72 Å². The van der Waals surface area contributed by atoms with Crippen LogP contribution in [0.4, 0.5) is 0 Å². The van der Waals surface area contributed by atoms with Crippen LogP contribution in [-0.2, 0) is 32.1 Å². The molecule has 0 amide bonds. The number of pyridine rings is 1. The van der Waals surface area contributed by atoms with Gasteiger partial charge in [0.05, 0.1) is 12.8 Å². The zero-order chi connectivity index (χ0) is 23.9. The van der Waals surface area contributed by atoms with Crippen LogP contribution in [0.5, 0.6) is 5.75 Å². The molecule has 0 radical (unpaired) electrons. The van der Waals surface area contributed by atoms with E-state index in [1.165, 1.54) is 71.2 Å². The van der Waals surface area contributed by atoms with Gasteiger partial charge in [0.15, 0.2) is 0 Å². The third-order valence-corrected chi connectivity index (χ3v) is 7.45. The van der Waals surface area contributed by atoms with E-state index in [9.17, 15) is 0 Å². The van der Waals surface area contributed by atoms with Gasteiger partial charge in [-0.25, -0.2) is 0 Å². The summed E-state index contributed by atoms with van der Waals surface area (Å²) in [5, 5.41) is 3.36. The maximum atomic E-state index is 5.68. The Balaban J connectivity index is 0.000000192. The van der Waals surface area contributed by atoms with E-state index >= 15 is 0 Å². The molecule has 180 valence electrons. The first-order valence-corrected chi connectivity index (χ1v) is 13.1. The quantitative estimate of drug-likeness (QED) is 0.447. The minimum atomic E-state index is 0.593. The van der Waals surface area contributed by atoms with Gasteiger partial charge in [-0.2, -0.15) is 0 Å². The monoisotopic (exact) mass is 456 g/mol. The molecule has 3 heteroatoms. The largest absolute Gasteiger partial charge is 0.496 e. The lowest BCUT2D eigenvalue weighted by atomic mass is 9.88. The number of nitrogens with zero attached hydrogens (tertiary/aromatic N) is 1. The van der Waals surface area contributed by atoms with E-state index < -0.39 is 0 Å². The SMILES string of the molecule is CCc1cccc(CC)c1-c1cc(OC)c2c(n1)CCCC2.CNC1CCCc2ccccc21. The van der Waals surface area contributed by atoms with E-state index in [1.807, 2.05) is 7.05 Å². The molecule has 0 bridgehead atoms. The second-order valence-electron chi connectivity index (χ2n) is 9.43. The van der Waals surface area contributed by atoms with Crippen molar-refractivity contribution in [1.82, 2.24) is 10.3 Å². The molecule has 1 atom stereocenters. The van der Waals surface area contributed by atoms with Crippen molar-refractivity contribution in [2.24, 2.45) is 0 Å². The number of rotatable bonds is 5. The summed E-state index contributed by atoms with van der Waals surface area (Å²) in [4.78, 5) is 5.03. The zero-order valence-electron chi connectivity index (χ0n) is 21.4. The van der Waals surface area contributed by atoms with Crippen LogP contribution in [0.2, 0.25) is 0 Å². The van der Waals surface area contributed by atoms with Crippen molar-refractivity contribution in [1.29, 1.82) is 0 Å². The summed E-state index contributed by atoms with van der Waals surface area (Å²) in [5.74, 6) is 1.02. The third-order valence-electron chi connectivity index (χ3n) is 7.45. The topological polar surface area (TPSA) is 34.1 Å². The molecule has 1 N–H and O–H groups in total. The van der Waals surface area contributed by atoms with Crippen LogP contribution in [0.3, 0.4) is 0 Å². The third kappa shape index (κ3) is 5.20. The lowest BCUT2D eigenvalue weighted by molar-refractivity contribution is 0.405. The molecular weight excluding hydrogens is 416 g/mol. The molecule has 3 nitrogen and oxygen atoms in total. The maximum absolute atomic E-state index is 5.68. The summed E-state index contributed by atoms with van der Waals surface area (Å²) in [6.45, 7) is 4.43. The molecule has 1 heterocycles. The van der Waals surface area contributed by atoms with E-state index in [0.717, 1.165) is 37.1 Å². The van der Waals surface area contributed by atoms with Gasteiger partial charge in [-0.05, 0) is 87.1 Å². The molecule has 1 aromatic heterocycles. The minimum absolute atomic E-state index is 0.593. The van der Waals surface area contributed by atoms with Gasteiger partial charge >= 0.3 is 0 Å². The number of fused-ring (bicyclic) bond motifs is 2. The Morgan fingerprint density at radius 2 is 1.65 bits per heavy atom. The Labute approximate surface area is 206 Å². The molecule has 0 saturated carbocycles. The fraction of sp³-hybridized carbons (Fsp3) is 0.452. The smallest absolute Gasteiger partial charge is 0.126 e. The highest BCUT2D eigenvalue weighted by Gasteiger charge is 2.20. The molecule has 0 aliphatic heterocycles. The zero-order valence-corrected chi connectivity index (χ0v) is 21.4. The second kappa shape index (κ2) is 11.7. The first-order valence-electron chi connectivity index (χ1n) is 13.1. The lowest BCUT2D eigenvalue weighted by Gasteiger charge is -2.24. The Bertz CT molecular complexity index is 1070. The summed E-state index contributed by atoms with van der Waals surface area (Å²) < 4.78 is 5.68. The van der Waals surface area contributed by atoms with Crippen LogP contribution >= 0.6 is 0 Å². The van der Waals surface area contributed by atoms with Crippen LogP contribution in [0, 0.1) is 0 Å². The predicted molar refractivity (Wildman–Crippen MR) is 143 cm³/mol. The van der Waals surface area contributed by atoms with E-state index in [2.05, 4.69) is 67.7 Å². The standard InChI is InChI=1S/C20H25NO.C11H15N/c1-4-14-9-8-10-15(5-2)20(14)18-13-19(22-3)16-11-6-7-12-17(16)21-18;1-12-11-8-4-6-9-5-2-3-7-10(9)11/h8-10,13H,4-7,11-12H2,1-3H3;2-3,5,7,11-12H,4,6,8H2,1H3. The van der Waals surface area contributed by atoms with Crippen molar-refractivity contribution in [3.63, 3.8) is 0 Å². The molecule has 34 heavy (non-hydrogen) atoms. The Kier molecular flexibility index (Phi) is 8.39. The molecule has 5 rings (SSSR count). The first-order chi connectivity index (χ1) is 16.7. The number of methoxy groups -OCH3 is 1. The number of aryl methyl sites for hydroxylation is 4. The summed E-state index contributed by atoms with van der Waals surface area (Å²) >= 11 is 0. The first kappa shape index (κ1) is 24.5. The highest BCUT2D eigenvalue weighted by atomic mass is 16.5. The number of nitrogens with one attached hydrogen (secondary N) is 1. The van der Waals surface area contributed by atoms with Gasteiger partial charge in [-0.3, -0.25) is 4.98 Å². The Morgan fingerprint density at radius 3 is 2.35 bits per heavy atom. The van der Waals surface area contributed by atoms with Gasteiger partial charge < -0.3 is 10.1 Å². The second-order valence-corrected chi connectivity index (χ2v) is 9.43. The lowest BCUT2D eigenvalue weighted by Crippen LogP contribution is -2.21. The molecule has 0 fully saturated rings. The molecule has 1 unspecified atom stereocenters. The molecular formula is C31H40N2O. The van der Waals surface area contributed by atoms with E-state index in [0.29, 0.717) is 6.04 Å². The van der Waals surface area contributed by atoms with E-state index in [1.54, 1.807) is 7.11 Å². The summed E-state index contributed by atoms with van der Waals surface area (Å²) in [6, 6.07) is 18.1. The number of ether oxygens (including phenoxy) is 1. The van der Waals surface area contributed by atoms with Gasteiger partial charge in [0.25, 0.3) is 0 Å². The summed E-state index contributed by atoms with van der Waals surface area (Å²) in [6.07, 6.45) is 10.6. The molecule has 2 aromatic carbocycles. The van der Waals surface area contributed by atoms with Gasteiger partial charge in [0.2, 0.25) is 0 Å². The molecule has 2 aliphatic rings. The molecule has 3 aromatic rings. The van der Waals surface area contributed by atoms with Crippen LogP contribution in [0.15, 0.2) is 48.5 Å². The number of aromatic nitrogens is 1. The van der Waals surface area contributed by atoms with Crippen molar-refractivity contribution in [2.75, 3.05) is 14.2 Å². The van der Waals surface area contributed by atoms with Gasteiger partial charge in [0, 0.05) is 28.9 Å². The average Bonchev–Trinajstić information content (AvgIpc) is 2.91. The van der Waals surface area contributed by atoms with Gasteiger partial charge in [0.1, 0.15) is 5.75 Å². The van der Waals surface area contributed by atoms with Crippen LogP contribution in [0.25, 0.3) is 11.3 Å². The highest BCUT2D eigenvalue weighted by molar-refractivity contribution is 5.70. The normalized spacial score (nSPS) is 16.6. The number of benzene rings is 2. The van der Waals surface area contributed by atoms with Crippen molar-refractivity contribution >= 4 is 0 Å². The van der Waals surface area contributed by atoms with Crippen molar-refractivity contribution in [2.45, 2.75) is 77.7 Å². The Hall–Kier alpha value is -2.65. The maximum Gasteiger partial charge on any atom is 0.126 e. The highest BCUT2D eigenvalue weighted by Crippen LogP contribution is 2.35. The molecule has 2 aliphatic carbocycles. The number of hydrogen-bond acceptors (Lipinski definition) is 3. The van der Waals surface area contributed by atoms with E-state index in [-0.39, 0.29) is 0 Å². The average molecular weight is 457 g/mol. The van der Waals surface area contributed by atoms with Crippen LogP contribution in [-0.4, -0.2) is 19.1 Å².